The SMILES string of the molecule is O=C(Nc1ccccc1I)c1cccc2c1OCCN2. The Morgan fingerprint density at radius 1 is 1.20 bits per heavy atom. The van der Waals surface area contributed by atoms with Crippen molar-refractivity contribution in [2.45, 2.75) is 0 Å². The van der Waals surface area contributed by atoms with Gasteiger partial charge in [0.25, 0.3) is 5.91 Å². The van der Waals surface area contributed by atoms with Crippen molar-refractivity contribution in [1.29, 1.82) is 0 Å². The second kappa shape index (κ2) is 5.70. The number of carbonyl (C=O) groups excluding carboxylic acids is 1. The second-order valence-electron chi connectivity index (χ2n) is 4.39. The maximum absolute atomic E-state index is 12.4. The molecular formula is C15H13IN2O2. The third kappa shape index (κ3) is 2.58. The molecule has 0 fully saturated rings. The van der Waals surface area contributed by atoms with Crippen LogP contribution in [0.2, 0.25) is 0 Å². The van der Waals surface area contributed by atoms with Crippen LogP contribution >= 0.6 is 22.6 Å². The molecule has 0 bridgehead atoms. The van der Waals surface area contributed by atoms with Gasteiger partial charge in [0, 0.05) is 10.1 Å². The Kier molecular flexibility index (Phi) is 3.77. The average Bonchev–Trinajstić information content (AvgIpc) is 2.49. The summed E-state index contributed by atoms with van der Waals surface area (Å²) >= 11 is 2.20. The molecule has 0 saturated carbocycles. The highest BCUT2D eigenvalue weighted by atomic mass is 127. The number of benzene rings is 2. The molecule has 1 aliphatic heterocycles. The highest BCUT2D eigenvalue weighted by Crippen LogP contribution is 2.31. The summed E-state index contributed by atoms with van der Waals surface area (Å²) in [7, 11) is 0. The number of hydrogen-bond acceptors (Lipinski definition) is 3. The van der Waals surface area contributed by atoms with Gasteiger partial charge in [0.05, 0.1) is 16.9 Å². The van der Waals surface area contributed by atoms with E-state index in [0.29, 0.717) is 17.9 Å². The van der Waals surface area contributed by atoms with E-state index in [4.69, 9.17) is 4.74 Å². The quantitative estimate of drug-likeness (QED) is 0.786. The van der Waals surface area contributed by atoms with Crippen LogP contribution in [0.3, 0.4) is 0 Å². The normalized spacial score (nSPS) is 12.8. The molecule has 2 N–H and O–H groups in total. The van der Waals surface area contributed by atoms with Crippen LogP contribution in [-0.2, 0) is 0 Å². The molecule has 0 atom stereocenters. The molecule has 0 radical (unpaired) electrons. The number of anilines is 2. The van der Waals surface area contributed by atoms with Crippen molar-refractivity contribution < 1.29 is 9.53 Å². The molecule has 4 nitrogen and oxygen atoms in total. The van der Waals surface area contributed by atoms with Crippen LogP contribution in [0.1, 0.15) is 10.4 Å². The molecule has 102 valence electrons. The van der Waals surface area contributed by atoms with Crippen LogP contribution in [0.5, 0.6) is 5.75 Å². The predicted octanol–water partition coefficient (Wildman–Crippen LogP) is 3.35. The molecule has 2 aromatic rings. The van der Waals surface area contributed by atoms with Crippen molar-refractivity contribution in [3.8, 4) is 5.75 Å². The van der Waals surface area contributed by atoms with Gasteiger partial charge in [-0.25, -0.2) is 0 Å². The van der Waals surface area contributed by atoms with E-state index in [1.165, 1.54) is 0 Å². The zero-order valence-electron chi connectivity index (χ0n) is 10.7. The lowest BCUT2D eigenvalue weighted by atomic mass is 10.1. The summed E-state index contributed by atoms with van der Waals surface area (Å²) < 4.78 is 6.62. The van der Waals surface area contributed by atoms with E-state index in [1.54, 1.807) is 6.07 Å². The molecule has 0 spiro atoms. The fourth-order valence-electron chi connectivity index (χ4n) is 2.10. The van der Waals surface area contributed by atoms with Crippen LogP contribution < -0.4 is 15.4 Å². The molecular weight excluding hydrogens is 367 g/mol. The van der Waals surface area contributed by atoms with Gasteiger partial charge < -0.3 is 15.4 Å². The third-order valence-corrected chi connectivity index (χ3v) is 3.99. The van der Waals surface area contributed by atoms with E-state index in [1.807, 2.05) is 36.4 Å². The molecule has 2 aromatic carbocycles. The first-order chi connectivity index (χ1) is 9.75. The summed E-state index contributed by atoms with van der Waals surface area (Å²) in [5.41, 5.74) is 2.22. The van der Waals surface area contributed by atoms with Gasteiger partial charge in [0.2, 0.25) is 0 Å². The Balaban J connectivity index is 1.90. The van der Waals surface area contributed by atoms with Gasteiger partial charge in [-0.3, -0.25) is 4.79 Å². The summed E-state index contributed by atoms with van der Waals surface area (Å²) in [4.78, 5) is 12.4. The maximum Gasteiger partial charge on any atom is 0.259 e. The first-order valence-corrected chi connectivity index (χ1v) is 7.39. The van der Waals surface area contributed by atoms with Crippen LogP contribution in [0, 0.1) is 3.57 Å². The second-order valence-corrected chi connectivity index (χ2v) is 5.55. The average molecular weight is 380 g/mol. The monoisotopic (exact) mass is 380 g/mol. The number of amides is 1. The van der Waals surface area contributed by atoms with Crippen LogP contribution in [0.15, 0.2) is 42.5 Å². The Hall–Kier alpha value is -1.76. The smallest absolute Gasteiger partial charge is 0.259 e. The van der Waals surface area contributed by atoms with E-state index < -0.39 is 0 Å². The zero-order valence-corrected chi connectivity index (χ0v) is 12.8. The molecule has 0 unspecified atom stereocenters. The Morgan fingerprint density at radius 2 is 2.05 bits per heavy atom. The lowest BCUT2D eigenvalue weighted by Crippen LogP contribution is -2.22. The largest absolute Gasteiger partial charge is 0.489 e. The lowest BCUT2D eigenvalue weighted by molar-refractivity contribution is 0.102. The number of carbonyl (C=O) groups is 1. The van der Waals surface area contributed by atoms with E-state index in [0.717, 1.165) is 21.5 Å². The van der Waals surface area contributed by atoms with Crippen LogP contribution in [-0.4, -0.2) is 19.1 Å². The van der Waals surface area contributed by atoms with Gasteiger partial charge >= 0.3 is 0 Å². The minimum absolute atomic E-state index is 0.158. The van der Waals surface area contributed by atoms with E-state index in [2.05, 4.69) is 33.2 Å². The minimum atomic E-state index is -0.158. The third-order valence-electron chi connectivity index (χ3n) is 3.05. The van der Waals surface area contributed by atoms with Crippen molar-refractivity contribution in [2.75, 3.05) is 23.8 Å². The van der Waals surface area contributed by atoms with Crippen molar-refractivity contribution in [1.82, 2.24) is 0 Å². The summed E-state index contributed by atoms with van der Waals surface area (Å²) in [5.74, 6) is 0.469. The first-order valence-electron chi connectivity index (χ1n) is 6.31. The minimum Gasteiger partial charge on any atom is -0.489 e. The van der Waals surface area contributed by atoms with Gasteiger partial charge in [0.1, 0.15) is 6.61 Å². The Morgan fingerprint density at radius 3 is 2.90 bits per heavy atom. The summed E-state index contributed by atoms with van der Waals surface area (Å²) in [6.07, 6.45) is 0. The Labute approximate surface area is 130 Å². The van der Waals surface area contributed by atoms with E-state index >= 15 is 0 Å². The highest BCUT2D eigenvalue weighted by molar-refractivity contribution is 14.1. The van der Waals surface area contributed by atoms with Gasteiger partial charge in [-0.05, 0) is 46.9 Å². The molecule has 0 saturated heterocycles. The summed E-state index contributed by atoms with van der Waals surface area (Å²) in [6.45, 7) is 1.33. The Bertz CT molecular complexity index is 658. The predicted molar refractivity (Wildman–Crippen MR) is 87.5 cm³/mol. The van der Waals surface area contributed by atoms with Crippen molar-refractivity contribution in [2.24, 2.45) is 0 Å². The molecule has 1 amide bonds. The number of hydrogen-bond donors (Lipinski definition) is 2. The fraction of sp³-hybridized carbons (Fsp3) is 0.133. The van der Waals surface area contributed by atoms with Crippen LogP contribution in [0.4, 0.5) is 11.4 Å². The standard InChI is InChI=1S/C15H13IN2O2/c16-11-5-1-2-6-12(11)18-15(19)10-4-3-7-13-14(10)20-9-8-17-13/h1-7,17H,8-9H2,(H,18,19). The van der Waals surface area contributed by atoms with Gasteiger partial charge in [-0.2, -0.15) is 0 Å². The van der Waals surface area contributed by atoms with Crippen molar-refractivity contribution in [3.05, 3.63) is 51.6 Å². The molecule has 1 heterocycles. The number of para-hydroxylation sites is 2. The molecule has 0 aromatic heterocycles. The topological polar surface area (TPSA) is 50.4 Å². The fourth-order valence-corrected chi connectivity index (χ4v) is 2.62. The summed E-state index contributed by atoms with van der Waals surface area (Å²) in [6, 6.07) is 13.2. The number of nitrogens with one attached hydrogen (secondary N) is 2. The number of rotatable bonds is 2. The molecule has 20 heavy (non-hydrogen) atoms. The lowest BCUT2D eigenvalue weighted by Gasteiger charge is -2.21. The van der Waals surface area contributed by atoms with Gasteiger partial charge in [-0.15, -0.1) is 0 Å². The van der Waals surface area contributed by atoms with E-state index in [-0.39, 0.29) is 5.91 Å². The maximum atomic E-state index is 12.4. The van der Waals surface area contributed by atoms with Gasteiger partial charge in [-0.1, -0.05) is 18.2 Å². The highest BCUT2D eigenvalue weighted by Gasteiger charge is 2.19. The molecule has 0 aliphatic carbocycles. The molecule has 3 rings (SSSR count). The van der Waals surface area contributed by atoms with Crippen molar-refractivity contribution in [3.63, 3.8) is 0 Å². The van der Waals surface area contributed by atoms with Crippen LogP contribution in [0.25, 0.3) is 0 Å². The zero-order chi connectivity index (χ0) is 13.9. The molecule has 1 aliphatic rings. The van der Waals surface area contributed by atoms with E-state index in [9.17, 15) is 4.79 Å². The van der Waals surface area contributed by atoms with Crippen molar-refractivity contribution >= 4 is 39.9 Å². The number of fused-ring (bicyclic) bond motifs is 1. The summed E-state index contributed by atoms with van der Waals surface area (Å²) in [5, 5.41) is 6.15. The first kappa shape index (κ1) is 13.2. The molecule has 5 heteroatoms. The number of halogens is 1. The van der Waals surface area contributed by atoms with Gasteiger partial charge in [0.15, 0.2) is 5.75 Å². The number of ether oxygens (including phenoxy) is 1.